The van der Waals surface area contributed by atoms with Crippen LogP contribution in [-0.4, -0.2) is 28.7 Å². The highest BCUT2D eigenvalue weighted by atomic mass is 16.5. The van der Waals surface area contributed by atoms with E-state index in [0.29, 0.717) is 12.5 Å². The summed E-state index contributed by atoms with van der Waals surface area (Å²) in [5, 5.41) is 14.6. The number of nitrogens with zero attached hydrogens (tertiary/aromatic N) is 1. The van der Waals surface area contributed by atoms with Crippen LogP contribution in [0.5, 0.6) is 0 Å². The maximum absolute atomic E-state index is 11.5. The molecule has 1 rings (SSSR count). The van der Waals surface area contributed by atoms with Crippen molar-refractivity contribution in [2.45, 2.75) is 26.7 Å². The Morgan fingerprint density at radius 2 is 2.24 bits per heavy atom. The van der Waals surface area contributed by atoms with Gasteiger partial charge in [-0.3, -0.25) is 4.79 Å². The van der Waals surface area contributed by atoms with Gasteiger partial charge in [0.15, 0.2) is 5.69 Å². The molecule has 0 bridgehead atoms. The molecule has 17 heavy (non-hydrogen) atoms. The highest BCUT2D eigenvalue weighted by Crippen LogP contribution is 2.04. The Kier molecular flexibility index (Phi) is 4.68. The zero-order valence-electron chi connectivity index (χ0n) is 9.90. The Balaban J connectivity index is 2.39. The van der Waals surface area contributed by atoms with Gasteiger partial charge in [0, 0.05) is 12.6 Å². The average molecular weight is 240 g/mol. The van der Waals surface area contributed by atoms with E-state index in [4.69, 9.17) is 5.11 Å². The van der Waals surface area contributed by atoms with E-state index in [0.717, 1.165) is 18.9 Å². The molecule has 2 N–H and O–H groups in total. The van der Waals surface area contributed by atoms with Crippen molar-refractivity contribution in [3.63, 3.8) is 0 Å². The molecule has 6 nitrogen and oxygen atoms in total. The van der Waals surface area contributed by atoms with Crippen LogP contribution < -0.4 is 5.32 Å². The van der Waals surface area contributed by atoms with Gasteiger partial charge in [0.1, 0.15) is 0 Å². The SMILES string of the molecule is CC(C)CCCNC(=O)c1cc(C(=O)O)on1. The topological polar surface area (TPSA) is 92.4 Å². The van der Waals surface area contributed by atoms with Gasteiger partial charge in [0.2, 0.25) is 5.76 Å². The Morgan fingerprint density at radius 1 is 1.53 bits per heavy atom. The molecule has 0 saturated heterocycles. The molecule has 1 heterocycles. The fraction of sp³-hybridized carbons (Fsp3) is 0.545. The zero-order valence-corrected chi connectivity index (χ0v) is 9.90. The fourth-order valence-electron chi connectivity index (χ4n) is 1.29. The average Bonchev–Trinajstić information content (AvgIpc) is 2.73. The first kappa shape index (κ1) is 13.2. The molecule has 94 valence electrons. The van der Waals surface area contributed by atoms with E-state index in [-0.39, 0.29) is 11.5 Å². The Hall–Kier alpha value is -1.85. The zero-order chi connectivity index (χ0) is 12.8. The first-order valence-electron chi connectivity index (χ1n) is 5.49. The third-order valence-electron chi connectivity index (χ3n) is 2.20. The number of carbonyl (C=O) groups excluding carboxylic acids is 1. The predicted molar refractivity (Wildman–Crippen MR) is 59.9 cm³/mol. The minimum absolute atomic E-state index is 0.00746. The van der Waals surface area contributed by atoms with E-state index < -0.39 is 11.9 Å². The van der Waals surface area contributed by atoms with Crippen LogP contribution >= 0.6 is 0 Å². The first-order valence-corrected chi connectivity index (χ1v) is 5.49. The summed E-state index contributed by atoms with van der Waals surface area (Å²) in [5.74, 6) is -1.39. The molecule has 0 atom stereocenters. The number of aromatic nitrogens is 1. The number of carboxylic acids is 1. The number of hydrogen-bond donors (Lipinski definition) is 2. The minimum Gasteiger partial charge on any atom is -0.475 e. The quantitative estimate of drug-likeness (QED) is 0.736. The molecule has 0 aliphatic heterocycles. The Bertz CT molecular complexity index is 398. The maximum Gasteiger partial charge on any atom is 0.374 e. The van der Waals surface area contributed by atoms with Crippen molar-refractivity contribution < 1.29 is 19.2 Å². The third kappa shape index (κ3) is 4.26. The summed E-state index contributed by atoms with van der Waals surface area (Å²) in [7, 11) is 0. The van der Waals surface area contributed by atoms with Gasteiger partial charge in [-0.2, -0.15) is 0 Å². The van der Waals surface area contributed by atoms with Gasteiger partial charge < -0.3 is 14.9 Å². The molecule has 0 aromatic carbocycles. The molecule has 1 aromatic heterocycles. The van der Waals surface area contributed by atoms with E-state index in [1.807, 2.05) is 0 Å². The van der Waals surface area contributed by atoms with Crippen molar-refractivity contribution in [3.8, 4) is 0 Å². The van der Waals surface area contributed by atoms with Gasteiger partial charge >= 0.3 is 5.97 Å². The summed E-state index contributed by atoms with van der Waals surface area (Å²) in [5.41, 5.74) is -0.00746. The van der Waals surface area contributed by atoms with E-state index >= 15 is 0 Å². The van der Waals surface area contributed by atoms with Crippen molar-refractivity contribution in [2.24, 2.45) is 5.92 Å². The molecule has 1 amide bonds. The lowest BCUT2D eigenvalue weighted by Crippen LogP contribution is -2.24. The normalized spacial score (nSPS) is 10.5. The molecule has 0 spiro atoms. The smallest absolute Gasteiger partial charge is 0.374 e. The first-order chi connectivity index (χ1) is 8.00. The van der Waals surface area contributed by atoms with Gasteiger partial charge in [-0.15, -0.1) is 0 Å². The van der Waals surface area contributed by atoms with Gasteiger partial charge in [0.25, 0.3) is 5.91 Å². The second kappa shape index (κ2) is 6.03. The van der Waals surface area contributed by atoms with E-state index in [2.05, 4.69) is 28.8 Å². The summed E-state index contributed by atoms with van der Waals surface area (Å²) in [6.45, 7) is 4.77. The number of nitrogens with one attached hydrogen (secondary N) is 1. The Morgan fingerprint density at radius 3 is 2.76 bits per heavy atom. The van der Waals surface area contributed by atoms with Crippen LogP contribution in [0.3, 0.4) is 0 Å². The molecule has 1 aromatic rings. The van der Waals surface area contributed by atoms with Gasteiger partial charge in [-0.1, -0.05) is 19.0 Å². The number of carboxylic acid groups (broad SMARTS) is 1. The van der Waals surface area contributed by atoms with E-state index in [9.17, 15) is 9.59 Å². The number of carbonyl (C=O) groups is 2. The number of amides is 1. The molecule has 6 heteroatoms. The second-order valence-electron chi connectivity index (χ2n) is 4.17. The molecule has 0 saturated carbocycles. The summed E-state index contributed by atoms with van der Waals surface area (Å²) in [6, 6.07) is 1.11. The van der Waals surface area contributed by atoms with E-state index in [1.54, 1.807) is 0 Å². The highest BCUT2D eigenvalue weighted by Gasteiger charge is 2.15. The predicted octanol–water partition coefficient (Wildman–Crippen LogP) is 1.54. The van der Waals surface area contributed by atoms with Gasteiger partial charge in [-0.05, 0) is 18.8 Å². The lowest BCUT2D eigenvalue weighted by atomic mass is 10.1. The summed E-state index contributed by atoms with van der Waals surface area (Å²) in [6.07, 6.45) is 1.91. The monoisotopic (exact) mass is 240 g/mol. The fourth-order valence-corrected chi connectivity index (χ4v) is 1.29. The minimum atomic E-state index is -1.24. The molecule has 0 radical (unpaired) electrons. The molecular weight excluding hydrogens is 224 g/mol. The van der Waals surface area contributed by atoms with Crippen LogP contribution in [0.1, 0.15) is 47.7 Å². The second-order valence-corrected chi connectivity index (χ2v) is 4.17. The molecule has 0 aliphatic rings. The van der Waals surface area contributed by atoms with Crippen LogP contribution in [0.2, 0.25) is 0 Å². The van der Waals surface area contributed by atoms with Crippen molar-refractivity contribution in [2.75, 3.05) is 6.54 Å². The largest absolute Gasteiger partial charge is 0.475 e. The number of rotatable bonds is 6. The van der Waals surface area contributed by atoms with E-state index in [1.165, 1.54) is 0 Å². The summed E-state index contributed by atoms with van der Waals surface area (Å²) < 4.78 is 4.48. The Labute approximate surface area is 99.0 Å². The molecule has 0 fully saturated rings. The van der Waals surface area contributed by atoms with Crippen molar-refractivity contribution in [1.29, 1.82) is 0 Å². The molecule has 0 aliphatic carbocycles. The molecule has 0 unspecified atom stereocenters. The van der Waals surface area contributed by atoms with Crippen molar-refractivity contribution in [3.05, 3.63) is 17.5 Å². The lowest BCUT2D eigenvalue weighted by molar-refractivity contribution is 0.0651. The van der Waals surface area contributed by atoms with Crippen LogP contribution in [0, 0.1) is 5.92 Å². The maximum atomic E-state index is 11.5. The van der Waals surface area contributed by atoms with Crippen LogP contribution in [0.15, 0.2) is 10.6 Å². The number of hydrogen-bond acceptors (Lipinski definition) is 4. The third-order valence-corrected chi connectivity index (χ3v) is 2.20. The van der Waals surface area contributed by atoms with Crippen LogP contribution in [0.4, 0.5) is 0 Å². The van der Waals surface area contributed by atoms with Gasteiger partial charge in [-0.25, -0.2) is 4.79 Å². The molecular formula is C11H16N2O4. The summed E-state index contributed by atoms with van der Waals surface area (Å²) >= 11 is 0. The van der Waals surface area contributed by atoms with Gasteiger partial charge in [0.05, 0.1) is 0 Å². The summed E-state index contributed by atoms with van der Waals surface area (Å²) in [4.78, 5) is 22.0. The van der Waals surface area contributed by atoms with Crippen molar-refractivity contribution in [1.82, 2.24) is 10.5 Å². The highest BCUT2D eigenvalue weighted by molar-refractivity contribution is 5.94. The standard InChI is InChI=1S/C11H16N2O4/c1-7(2)4-3-5-12-10(14)8-6-9(11(15)16)17-13-8/h6-7H,3-5H2,1-2H3,(H,12,14)(H,15,16). The van der Waals surface area contributed by atoms with Crippen LogP contribution in [0.25, 0.3) is 0 Å². The lowest BCUT2D eigenvalue weighted by Gasteiger charge is -2.04. The van der Waals surface area contributed by atoms with Crippen molar-refractivity contribution >= 4 is 11.9 Å². The van der Waals surface area contributed by atoms with Crippen LogP contribution in [-0.2, 0) is 0 Å². The number of aromatic carboxylic acids is 1.